The van der Waals surface area contributed by atoms with Crippen LogP contribution in [0.2, 0.25) is 15.1 Å². The van der Waals surface area contributed by atoms with Crippen LogP contribution in [-0.4, -0.2) is 65.1 Å². The van der Waals surface area contributed by atoms with Crippen molar-refractivity contribution in [2.24, 2.45) is 0 Å². The van der Waals surface area contributed by atoms with Crippen LogP contribution in [0.4, 0.5) is 5.69 Å². The van der Waals surface area contributed by atoms with Crippen molar-refractivity contribution >= 4 is 62.3 Å². The quantitative estimate of drug-likeness (QED) is 0.241. The molecule has 0 bridgehead atoms. The smallest absolute Gasteiger partial charge is 0.265 e. The third kappa shape index (κ3) is 8.01. The predicted octanol–water partition coefficient (Wildman–Crippen LogP) is 5.81. The first kappa shape index (κ1) is 35.1. The minimum absolute atomic E-state index is 0.00172. The van der Waals surface area contributed by atoms with Gasteiger partial charge in [-0.05, 0) is 63.2 Å². The second-order valence-corrected chi connectivity index (χ2v) is 13.0. The number of rotatable bonds is 13. The lowest BCUT2D eigenvalue weighted by Gasteiger charge is -2.33. The number of halogens is 3. The third-order valence-electron chi connectivity index (χ3n) is 6.62. The Labute approximate surface area is 272 Å². The molecule has 0 aromatic heterocycles. The molecule has 2 amide bonds. The summed E-state index contributed by atoms with van der Waals surface area (Å²) in [4.78, 5) is 28.4. The molecule has 0 aliphatic carbocycles. The van der Waals surface area contributed by atoms with Crippen LogP contribution in [0.15, 0.2) is 59.5 Å². The summed E-state index contributed by atoms with van der Waals surface area (Å²) in [5.74, 6) is -0.573. The van der Waals surface area contributed by atoms with Crippen LogP contribution in [0.25, 0.3) is 0 Å². The summed E-state index contributed by atoms with van der Waals surface area (Å²) in [6, 6.07) is 12.0. The zero-order valence-electron chi connectivity index (χ0n) is 25.1. The van der Waals surface area contributed by atoms with Gasteiger partial charge in [0.1, 0.15) is 18.3 Å². The summed E-state index contributed by atoms with van der Waals surface area (Å²) in [5.41, 5.74) is 0.390. The zero-order valence-corrected chi connectivity index (χ0v) is 28.1. The topological polar surface area (TPSA) is 114 Å². The van der Waals surface area contributed by atoms with Gasteiger partial charge in [-0.1, -0.05) is 40.9 Å². The van der Waals surface area contributed by atoms with Gasteiger partial charge in [0.25, 0.3) is 10.0 Å². The van der Waals surface area contributed by atoms with E-state index >= 15 is 0 Å². The van der Waals surface area contributed by atoms with E-state index in [9.17, 15) is 18.0 Å². The highest BCUT2D eigenvalue weighted by Gasteiger charge is 2.35. The Morgan fingerprint density at radius 2 is 1.43 bits per heavy atom. The summed E-state index contributed by atoms with van der Waals surface area (Å²) in [6.07, 6.45) is 0. The van der Waals surface area contributed by atoms with Crippen molar-refractivity contribution in [3.63, 3.8) is 0 Å². The number of methoxy groups -OCH3 is 3. The first-order valence-electron chi connectivity index (χ1n) is 13.4. The molecule has 0 spiro atoms. The number of amides is 2. The SMILES string of the molecule is COc1ccc(S(=O)(=O)N(CC(=O)N(Cc2c(Cl)cccc2Cl)[C@@H](C)C(=O)NC(C)C)c2cc(Cl)ccc2OC)cc1OC. The molecule has 3 rings (SSSR count). The van der Waals surface area contributed by atoms with Gasteiger partial charge in [-0.2, -0.15) is 0 Å². The summed E-state index contributed by atoms with van der Waals surface area (Å²) < 4.78 is 45.5. The number of sulfonamides is 1. The molecule has 10 nitrogen and oxygen atoms in total. The van der Waals surface area contributed by atoms with Gasteiger partial charge >= 0.3 is 0 Å². The molecule has 1 atom stereocenters. The van der Waals surface area contributed by atoms with Crippen molar-refractivity contribution in [2.45, 2.75) is 44.3 Å². The summed E-state index contributed by atoms with van der Waals surface area (Å²) >= 11 is 19.1. The maximum Gasteiger partial charge on any atom is 0.265 e. The molecule has 0 saturated carbocycles. The van der Waals surface area contributed by atoms with Gasteiger partial charge in [-0.3, -0.25) is 13.9 Å². The summed E-state index contributed by atoms with van der Waals surface area (Å²) in [5, 5.41) is 3.54. The van der Waals surface area contributed by atoms with Gasteiger partial charge < -0.3 is 24.4 Å². The maximum absolute atomic E-state index is 14.3. The molecule has 0 heterocycles. The van der Waals surface area contributed by atoms with E-state index in [2.05, 4.69) is 5.32 Å². The maximum atomic E-state index is 14.3. The highest BCUT2D eigenvalue weighted by atomic mass is 35.5. The lowest BCUT2D eigenvalue weighted by atomic mass is 10.1. The van der Waals surface area contributed by atoms with Crippen LogP contribution in [0.3, 0.4) is 0 Å². The Morgan fingerprint density at radius 1 is 0.841 bits per heavy atom. The summed E-state index contributed by atoms with van der Waals surface area (Å²) in [7, 11) is -0.331. The first-order valence-corrected chi connectivity index (χ1v) is 15.9. The van der Waals surface area contributed by atoms with E-state index in [4.69, 9.17) is 49.0 Å². The Kier molecular flexibility index (Phi) is 12.0. The van der Waals surface area contributed by atoms with E-state index in [0.29, 0.717) is 11.3 Å². The van der Waals surface area contributed by atoms with Crippen LogP contribution in [-0.2, 0) is 26.2 Å². The van der Waals surface area contributed by atoms with E-state index in [-0.39, 0.29) is 49.7 Å². The average Bonchev–Trinajstić information content (AvgIpc) is 2.98. The summed E-state index contributed by atoms with van der Waals surface area (Å²) in [6.45, 7) is 4.18. The molecular weight excluding hydrogens is 653 g/mol. The zero-order chi connectivity index (χ0) is 32.8. The van der Waals surface area contributed by atoms with Gasteiger partial charge in [0.05, 0.1) is 31.9 Å². The van der Waals surface area contributed by atoms with E-state index in [1.54, 1.807) is 32.0 Å². The predicted molar refractivity (Wildman–Crippen MR) is 172 cm³/mol. The molecule has 14 heteroatoms. The first-order chi connectivity index (χ1) is 20.7. The molecule has 0 unspecified atom stereocenters. The number of nitrogens with one attached hydrogen (secondary N) is 1. The molecule has 0 aliphatic rings. The van der Waals surface area contributed by atoms with Gasteiger partial charge in [-0.25, -0.2) is 8.42 Å². The largest absolute Gasteiger partial charge is 0.495 e. The fourth-order valence-electron chi connectivity index (χ4n) is 4.32. The van der Waals surface area contributed by atoms with Crippen molar-refractivity contribution in [2.75, 3.05) is 32.2 Å². The highest BCUT2D eigenvalue weighted by Crippen LogP contribution is 2.37. The van der Waals surface area contributed by atoms with E-state index in [1.807, 2.05) is 0 Å². The van der Waals surface area contributed by atoms with E-state index in [1.165, 1.54) is 69.6 Å². The van der Waals surface area contributed by atoms with Gasteiger partial charge in [0.2, 0.25) is 11.8 Å². The Balaban J connectivity index is 2.19. The number of ether oxygens (including phenoxy) is 3. The highest BCUT2D eigenvalue weighted by molar-refractivity contribution is 7.92. The number of carbonyl (C=O) groups excluding carboxylic acids is 2. The number of benzene rings is 3. The molecular formula is C30H34Cl3N3O7S. The Hall–Kier alpha value is -3.38. The molecule has 0 fully saturated rings. The Morgan fingerprint density at radius 3 is 2.00 bits per heavy atom. The van der Waals surface area contributed by atoms with Crippen molar-refractivity contribution in [1.29, 1.82) is 0 Å². The van der Waals surface area contributed by atoms with E-state index < -0.39 is 34.4 Å². The minimum atomic E-state index is -4.48. The van der Waals surface area contributed by atoms with Crippen LogP contribution in [0.5, 0.6) is 17.2 Å². The molecule has 0 aliphatic heterocycles. The molecule has 3 aromatic carbocycles. The average molecular weight is 687 g/mol. The number of carbonyl (C=O) groups is 2. The van der Waals surface area contributed by atoms with Crippen LogP contribution in [0, 0.1) is 0 Å². The molecule has 238 valence electrons. The fraction of sp³-hybridized carbons (Fsp3) is 0.333. The monoisotopic (exact) mass is 685 g/mol. The third-order valence-corrected chi connectivity index (χ3v) is 9.32. The number of nitrogens with zero attached hydrogens (tertiary/aromatic N) is 2. The molecule has 44 heavy (non-hydrogen) atoms. The van der Waals surface area contributed by atoms with Crippen molar-refractivity contribution in [1.82, 2.24) is 10.2 Å². The number of anilines is 1. The van der Waals surface area contributed by atoms with Gasteiger partial charge in [0.15, 0.2) is 11.5 Å². The van der Waals surface area contributed by atoms with Gasteiger partial charge in [-0.15, -0.1) is 0 Å². The standard InChI is InChI=1S/C30H34Cl3N3O7S/c1-18(2)34-30(38)19(3)35(16-22-23(32)8-7-9-24(22)33)29(37)17-36(25-14-20(31)10-12-26(25)41-4)44(39,40)21-11-13-27(42-5)28(15-21)43-6/h7-15,18-19H,16-17H2,1-6H3,(H,34,38)/t19-/m0/s1. The molecule has 3 aromatic rings. The fourth-order valence-corrected chi connectivity index (χ4v) is 6.43. The molecule has 1 N–H and O–H groups in total. The van der Waals surface area contributed by atoms with E-state index in [0.717, 1.165) is 4.31 Å². The van der Waals surface area contributed by atoms with Crippen molar-refractivity contribution in [3.05, 3.63) is 75.2 Å². The second kappa shape index (κ2) is 15.1. The molecule has 0 radical (unpaired) electrons. The van der Waals surface area contributed by atoms with Crippen molar-refractivity contribution < 1.29 is 32.2 Å². The van der Waals surface area contributed by atoms with Crippen LogP contribution >= 0.6 is 34.8 Å². The number of hydrogen-bond donors (Lipinski definition) is 1. The number of hydrogen-bond acceptors (Lipinski definition) is 7. The van der Waals surface area contributed by atoms with Crippen LogP contribution < -0.4 is 23.8 Å². The normalized spacial score (nSPS) is 12.0. The minimum Gasteiger partial charge on any atom is -0.495 e. The van der Waals surface area contributed by atoms with Crippen molar-refractivity contribution in [3.8, 4) is 17.2 Å². The Bertz CT molecular complexity index is 1600. The lowest BCUT2D eigenvalue weighted by molar-refractivity contribution is -0.139. The lowest BCUT2D eigenvalue weighted by Crippen LogP contribution is -2.52. The van der Waals surface area contributed by atoms with Gasteiger partial charge in [0, 0.05) is 39.3 Å². The van der Waals surface area contributed by atoms with Crippen LogP contribution in [0.1, 0.15) is 26.3 Å². The molecule has 0 saturated heterocycles. The second-order valence-electron chi connectivity index (χ2n) is 9.91.